The van der Waals surface area contributed by atoms with Crippen molar-refractivity contribution >= 4 is 43.5 Å². The summed E-state index contributed by atoms with van der Waals surface area (Å²) in [4.78, 5) is 19.7. The molecule has 4 aromatic heterocycles. The van der Waals surface area contributed by atoms with Crippen molar-refractivity contribution in [2.45, 2.75) is 5.41 Å². The molecular formula is C55H34N4. The van der Waals surface area contributed by atoms with E-state index in [0.29, 0.717) is 0 Å². The van der Waals surface area contributed by atoms with Crippen molar-refractivity contribution < 1.29 is 0 Å². The van der Waals surface area contributed by atoms with E-state index in [4.69, 9.17) is 15.0 Å². The second-order valence-corrected chi connectivity index (χ2v) is 15.4. The zero-order valence-electron chi connectivity index (χ0n) is 31.9. The lowest BCUT2D eigenvalue weighted by molar-refractivity contribution is 0.769. The quantitative estimate of drug-likeness (QED) is 0.164. The Bertz CT molecular complexity index is 3380. The van der Waals surface area contributed by atoms with Crippen LogP contribution in [0.4, 0.5) is 0 Å². The van der Waals surface area contributed by atoms with Crippen LogP contribution in [0.3, 0.4) is 0 Å². The van der Waals surface area contributed by atoms with E-state index < -0.39 is 5.41 Å². The Morgan fingerprint density at radius 3 is 1.81 bits per heavy atom. The van der Waals surface area contributed by atoms with E-state index in [9.17, 15) is 0 Å². The summed E-state index contributed by atoms with van der Waals surface area (Å²) in [5.74, 6) is 0. The van der Waals surface area contributed by atoms with E-state index in [2.05, 4.69) is 181 Å². The zero-order valence-corrected chi connectivity index (χ0v) is 31.9. The molecule has 0 unspecified atom stereocenters. The Morgan fingerprint density at radius 1 is 0.373 bits per heavy atom. The van der Waals surface area contributed by atoms with Crippen molar-refractivity contribution in [1.82, 2.24) is 19.9 Å². The second-order valence-electron chi connectivity index (χ2n) is 15.4. The number of hydrogen-bond donors (Lipinski definition) is 0. The van der Waals surface area contributed by atoms with E-state index in [0.717, 1.165) is 71.7 Å². The molecule has 0 aliphatic heterocycles. The Morgan fingerprint density at radius 2 is 1.03 bits per heavy atom. The van der Waals surface area contributed by atoms with Crippen LogP contribution < -0.4 is 0 Å². The highest BCUT2D eigenvalue weighted by Crippen LogP contribution is 2.57. The third kappa shape index (κ3) is 5.03. The topological polar surface area (TPSA) is 51.6 Å². The minimum Gasteiger partial charge on any atom is -0.256 e. The summed E-state index contributed by atoms with van der Waals surface area (Å²) in [6, 6.07) is 67.7. The monoisotopic (exact) mass is 750 g/mol. The Labute approximate surface area is 341 Å². The van der Waals surface area contributed by atoms with Crippen molar-refractivity contribution in [3.05, 3.63) is 229 Å². The lowest BCUT2D eigenvalue weighted by Crippen LogP contribution is -2.28. The molecule has 0 amide bonds. The van der Waals surface area contributed by atoms with Crippen molar-refractivity contribution in [3.8, 4) is 44.8 Å². The van der Waals surface area contributed by atoms with Crippen LogP contribution >= 0.6 is 0 Å². The average Bonchev–Trinajstić information content (AvgIpc) is 3.61. The van der Waals surface area contributed by atoms with E-state index in [1.807, 2.05) is 30.7 Å². The van der Waals surface area contributed by atoms with Crippen molar-refractivity contribution in [2.75, 3.05) is 0 Å². The third-order valence-corrected chi connectivity index (χ3v) is 12.3. The first-order valence-corrected chi connectivity index (χ1v) is 20.0. The molecule has 0 radical (unpaired) electrons. The fourth-order valence-corrected chi connectivity index (χ4v) is 9.64. The molecule has 0 fully saturated rings. The molecule has 274 valence electrons. The van der Waals surface area contributed by atoms with Gasteiger partial charge in [-0.25, -0.2) is 4.98 Å². The summed E-state index contributed by atoms with van der Waals surface area (Å²) >= 11 is 0. The summed E-state index contributed by atoms with van der Waals surface area (Å²) < 4.78 is 0. The van der Waals surface area contributed by atoms with Crippen LogP contribution in [-0.4, -0.2) is 19.9 Å². The lowest BCUT2D eigenvalue weighted by atomic mass is 9.67. The first-order valence-electron chi connectivity index (χ1n) is 20.0. The molecule has 0 atom stereocenters. The largest absolute Gasteiger partial charge is 0.256 e. The maximum atomic E-state index is 5.38. The Hall–Kier alpha value is -7.82. The van der Waals surface area contributed by atoms with Crippen LogP contribution in [-0.2, 0) is 5.41 Å². The molecule has 59 heavy (non-hydrogen) atoms. The molecule has 0 saturated carbocycles. The highest BCUT2D eigenvalue weighted by Gasteiger charge is 2.46. The standard InChI is InChI=1S/C55H34N4/c1-3-14-39(15-4-1)55(40-16-5-2-6-17-40)48-21-9-7-18-41(48)45-32-47-44(33-49(45)55)42-19-8-10-22-51(42)59-52(47)36-25-23-35(24-26-36)38-27-28-50(58-34-38)46-31-37-13-11-29-56-53(37)54-43(46)20-12-30-57-54/h1-34H. The number of hydrogen-bond acceptors (Lipinski definition) is 4. The summed E-state index contributed by atoms with van der Waals surface area (Å²) in [5.41, 5.74) is 16.0. The fraction of sp³-hybridized carbons (Fsp3) is 0.0182. The molecule has 12 rings (SSSR count). The summed E-state index contributed by atoms with van der Waals surface area (Å²) in [6.07, 6.45) is 5.61. The molecule has 0 N–H and O–H groups in total. The molecule has 0 bridgehead atoms. The fourth-order valence-electron chi connectivity index (χ4n) is 9.64. The van der Waals surface area contributed by atoms with E-state index in [1.54, 1.807) is 0 Å². The molecule has 4 nitrogen and oxygen atoms in total. The number of pyridine rings is 4. The van der Waals surface area contributed by atoms with Crippen LogP contribution in [0.2, 0.25) is 0 Å². The van der Waals surface area contributed by atoms with Gasteiger partial charge in [0.05, 0.1) is 33.4 Å². The molecule has 0 spiro atoms. The van der Waals surface area contributed by atoms with Crippen LogP contribution in [0.25, 0.3) is 88.2 Å². The zero-order chi connectivity index (χ0) is 38.9. The normalized spacial score (nSPS) is 12.9. The molecule has 4 heteroatoms. The molecule has 11 aromatic rings. The molecule has 0 saturated heterocycles. The van der Waals surface area contributed by atoms with Gasteiger partial charge in [0.1, 0.15) is 0 Å². The number of rotatable bonds is 5. The first kappa shape index (κ1) is 33.3. The van der Waals surface area contributed by atoms with Gasteiger partial charge < -0.3 is 0 Å². The predicted octanol–water partition coefficient (Wildman–Crippen LogP) is 13.2. The summed E-state index contributed by atoms with van der Waals surface area (Å²) in [6.45, 7) is 0. The smallest absolute Gasteiger partial charge is 0.0971 e. The predicted molar refractivity (Wildman–Crippen MR) is 241 cm³/mol. The minimum absolute atomic E-state index is 0.478. The summed E-state index contributed by atoms with van der Waals surface area (Å²) in [7, 11) is 0. The van der Waals surface area contributed by atoms with Gasteiger partial charge in [-0.2, -0.15) is 0 Å². The van der Waals surface area contributed by atoms with Crippen molar-refractivity contribution in [1.29, 1.82) is 0 Å². The first-order chi connectivity index (χ1) is 29.3. The number of benzene rings is 7. The van der Waals surface area contributed by atoms with Crippen LogP contribution in [0, 0.1) is 0 Å². The van der Waals surface area contributed by atoms with E-state index in [-0.39, 0.29) is 0 Å². The average molecular weight is 751 g/mol. The maximum Gasteiger partial charge on any atom is 0.0971 e. The molecular weight excluding hydrogens is 717 g/mol. The van der Waals surface area contributed by atoms with E-state index in [1.165, 1.54) is 38.8 Å². The Kier molecular flexibility index (Phi) is 7.41. The van der Waals surface area contributed by atoms with Gasteiger partial charge >= 0.3 is 0 Å². The Balaban J connectivity index is 0.998. The number of nitrogens with zero attached hydrogens (tertiary/aromatic N) is 4. The van der Waals surface area contributed by atoms with Crippen molar-refractivity contribution in [3.63, 3.8) is 0 Å². The van der Waals surface area contributed by atoms with Gasteiger partial charge in [0, 0.05) is 56.8 Å². The van der Waals surface area contributed by atoms with E-state index >= 15 is 0 Å². The number of fused-ring (bicyclic) bond motifs is 9. The maximum absolute atomic E-state index is 5.38. The molecule has 7 aromatic carbocycles. The number of para-hydroxylation sites is 1. The van der Waals surface area contributed by atoms with Gasteiger partial charge in [-0.05, 0) is 86.8 Å². The minimum atomic E-state index is -0.478. The van der Waals surface area contributed by atoms with Gasteiger partial charge in [0.2, 0.25) is 0 Å². The van der Waals surface area contributed by atoms with Gasteiger partial charge in [0.25, 0.3) is 0 Å². The highest BCUT2D eigenvalue weighted by atomic mass is 14.7. The number of aromatic nitrogens is 4. The van der Waals surface area contributed by atoms with Crippen molar-refractivity contribution in [2.24, 2.45) is 0 Å². The van der Waals surface area contributed by atoms with Gasteiger partial charge in [-0.15, -0.1) is 0 Å². The van der Waals surface area contributed by atoms with Gasteiger partial charge in [-0.3, -0.25) is 15.0 Å². The van der Waals surface area contributed by atoms with Crippen LogP contribution in [0.5, 0.6) is 0 Å². The van der Waals surface area contributed by atoms with Crippen LogP contribution in [0.15, 0.2) is 207 Å². The highest BCUT2D eigenvalue weighted by molar-refractivity contribution is 6.14. The second kappa shape index (κ2) is 13.1. The van der Waals surface area contributed by atoms with Crippen LogP contribution in [0.1, 0.15) is 22.3 Å². The SMILES string of the molecule is c1ccc(C2(c3ccccc3)c3ccccc3-c3cc4c(-c5ccc(-c6ccc(-c7cc8cccnc8c8ncccc78)nc6)cc5)nc5ccccc5c4cc32)cc1. The molecule has 1 aliphatic carbocycles. The van der Waals surface area contributed by atoms with Gasteiger partial charge in [0.15, 0.2) is 0 Å². The van der Waals surface area contributed by atoms with Gasteiger partial charge in [-0.1, -0.05) is 146 Å². The third-order valence-electron chi connectivity index (χ3n) is 12.3. The lowest BCUT2D eigenvalue weighted by Gasteiger charge is -2.34. The summed E-state index contributed by atoms with van der Waals surface area (Å²) in [5, 5.41) is 5.57. The molecule has 4 heterocycles. The molecule has 1 aliphatic rings.